The number of hydrogen-bond acceptors (Lipinski definition) is 5. The molecule has 0 aliphatic rings. The molecule has 182 valence electrons. The number of methoxy groups -OCH3 is 1. The Morgan fingerprint density at radius 2 is 1.43 bits per heavy atom. The van der Waals surface area contributed by atoms with E-state index in [1.54, 1.807) is 36.1 Å². The Kier molecular flexibility index (Phi) is 6.76. The largest absolute Gasteiger partial charge is 0.497 e. The zero-order chi connectivity index (χ0) is 25.6. The Bertz CT molecular complexity index is 1530. The second-order valence-corrected chi connectivity index (χ2v) is 8.18. The van der Waals surface area contributed by atoms with Crippen LogP contribution in [0.4, 0.5) is 5.69 Å². The third-order valence-electron chi connectivity index (χ3n) is 5.88. The van der Waals surface area contributed by atoms with Gasteiger partial charge in [0.15, 0.2) is 5.69 Å². The van der Waals surface area contributed by atoms with Crippen molar-refractivity contribution in [3.05, 3.63) is 132 Å². The number of nitrogens with zero attached hydrogens (tertiary/aromatic N) is 3. The number of para-hydroxylation sites is 1. The number of carbonyl (C=O) groups excluding carboxylic acids is 1. The van der Waals surface area contributed by atoms with Gasteiger partial charge in [0.2, 0.25) is 0 Å². The van der Waals surface area contributed by atoms with Crippen molar-refractivity contribution in [1.82, 2.24) is 9.78 Å². The highest BCUT2D eigenvalue weighted by atomic mass is 16.5. The number of hydrogen-bond donors (Lipinski definition) is 2. The SMILES string of the molecule is COc1ccc(NC(=O)c2nn(-c3ccccc3)c(-c3ccccc3)c2/C(=N/O)c2ccccc2)cc1. The molecule has 37 heavy (non-hydrogen) atoms. The molecule has 2 N–H and O–H groups in total. The first kappa shape index (κ1) is 23.6. The highest BCUT2D eigenvalue weighted by Crippen LogP contribution is 2.32. The third-order valence-corrected chi connectivity index (χ3v) is 5.88. The number of nitrogens with one attached hydrogen (secondary N) is 1. The van der Waals surface area contributed by atoms with E-state index in [-0.39, 0.29) is 11.4 Å². The molecule has 0 saturated carbocycles. The Labute approximate surface area is 214 Å². The molecule has 0 unspecified atom stereocenters. The van der Waals surface area contributed by atoms with Crippen molar-refractivity contribution in [2.45, 2.75) is 0 Å². The third kappa shape index (κ3) is 4.83. The highest BCUT2D eigenvalue weighted by molar-refractivity contribution is 6.22. The fourth-order valence-electron chi connectivity index (χ4n) is 4.13. The Balaban J connectivity index is 1.74. The maximum atomic E-state index is 13.7. The first-order valence-corrected chi connectivity index (χ1v) is 11.7. The molecule has 0 saturated heterocycles. The Hall–Kier alpha value is -5.17. The van der Waals surface area contributed by atoms with Gasteiger partial charge >= 0.3 is 0 Å². The van der Waals surface area contributed by atoms with Gasteiger partial charge in [-0.05, 0) is 36.4 Å². The van der Waals surface area contributed by atoms with Crippen LogP contribution in [-0.2, 0) is 0 Å². The number of anilines is 1. The van der Waals surface area contributed by atoms with Gasteiger partial charge in [0.1, 0.15) is 11.5 Å². The van der Waals surface area contributed by atoms with Crippen LogP contribution in [0, 0.1) is 0 Å². The topological polar surface area (TPSA) is 88.7 Å². The number of rotatable bonds is 7. The maximum Gasteiger partial charge on any atom is 0.276 e. The normalized spacial score (nSPS) is 11.2. The van der Waals surface area contributed by atoms with Crippen LogP contribution in [0.2, 0.25) is 0 Å². The first-order valence-electron chi connectivity index (χ1n) is 11.7. The average molecular weight is 489 g/mol. The summed E-state index contributed by atoms with van der Waals surface area (Å²) in [5.41, 5.74) is 4.20. The molecule has 1 aromatic heterocycles. The summed E-state index contributed by atoms with van der Waals surface area (Å²) in [7, 11) is 1.58. The van der Waals surface area contributed by atoms with Crippen LogP contribution < -0.4 is 10.1 Å². The van der Waals surface area contributed by atoms with Crippen molar-refractivity contribution >= 4 is 17.3 Å². The van der Waals surface area contributed by atoms with Crippen LogP contribution in [0.5, 0.6) is 5.75 Å². The van der Waals surface area contributed by atoms with Gasteiger partial charge in [-0.1, -0.05) is 84.0 Å². The standard InChI is InChI=1S/C30H24N4O3/c1-37-25-19-17-23(18-20-25)31-30(35)28-26(27(33-36)21-11-5-2-6-12-21)29(22-13-7-3-8-14-22)34(32-28)24-15-9-4-10-16-24/h2-20,36H,1H3,(H,31,35)/b33-27+. The second-order valence-electron chi connectivity index (χ2n) is 8.18. The molecule has 0 radical (unpaired) electrons. The molecule has 0 aliphatic carbocycles. The van der Waals surface area contributed by atoms with Gasteiger partial charge in [-0.3, -0.25) is 4.79 Å². The number of benzene rings is 4. The maximum absolute atomic E-state index is 13.7. The lowest BCUT2D eigenvalue weighted by atomic mass is 9.96. The van der Waals surface area contributed by atoms with E-state index >= 15 is 0 Å². The van der Waals surface area contributed by atoms with Gasteiger partial charge in [-0.15, -0.1) is 0 Å². The quantitative estimate of drug-likeness (QED) is 0.166. The molecule has 5 rings (SSSR count). The summed E-state index contributed by atoms with van der Waals surface area (Å²) in [6.07, 6.45) is 0. The summed E-state index contributed by atoms with van der Waals surface area (Å²) in [6, 6.07) is 35.4. The Morgan fingerprint density at radius 1 is 0.838 bits per heavy atom. The van der Waals surface area contributed by atoms with Crippen molar-refractivity contribution in [2.75, 3.05) is 12.4 Å². The van der Waals surface area contributed by atoms with Crippen LogP contribution >= 0.6 is 0 Å². The molecule has 0 bridgehead atoms. The summed E-state index contributed by atoms with van der Waals surface area (Å²) < 4.78 is 6.93. The average Bonchev–Trinajstić information content (AvgIpc) is 3.36. The lowest BCUT2D eigenvalue weighted by Gasteiger charge is -2.12. The van der Waals surface area contributed by atoms with E-state index in [2.05, 4.69) is 10.5 Å². The molecular weight excluding hydrogens is 464 g/mol. The molecule has 1 heterocycles. The number of ether oxygens (including phenoxy) is 1. The zero-order valence-corrected chi connectivity index (χ0v) is 20.1. The van der Waals surface area contributed by atoms with Gasteiger partial charge < -0.3 is 15.3 Å². The minimum atomic E-state index is -0.441. The molecule has 0 aliphatic heterocycles. The van der Waals surface area contributed by atoms with Crippen molar-refractivity contribution < 1.29 is 14.7 Å². The molecule has 0 fully saturated rings. The van der Waals surface area contributed by atoms with Crippen molar-refractivity contribution in [2.24, 2.45) is 5.16 Å². The summed E-state index contributed by atoms with van der Waals surface area (Å²) in [5, 5.41) is 21.6. The molecular formula is C30H24N4O3. The zero-order valence-electron chi connectivity index (χ0n) is 20.1. The van der Waals surface area contributed by atoms with Crippen LogP contribution in [0.25, 0.3) is 16.9 Å². The van der Waals surface area contributed by atoms with E-state index in [1.165, 1.54) is 0 Å². The van der Waals surface area contributed by atoms with Crippen molar-refractivity contribution in [3.8, 4) is 22.7 Å². The summed E-state index contributed by atoms with van der Waals surface area (Å²) >= 11 is 0. The molecule has 5 aromatic rings. The summed E-state index contributed by atoms with van der Waals surface area (Å²) in [5.74, 6) is 0.237. The van der Waals surface area contributed by atoms with E-state index in [0.29, 0.717) is 28.3 Å². The monoisotopic (exact) mass is 488 g/mol. The molecule has 0 atom stereocenters. The minimum Gasteiger partial charge on any atom is -0.497 e. The lowest BCUT2D eigenvalue weighted by molar-refractivity contribution is 0.102. The molecule has 4 aromatic carbocycles. The van der Waals surface area contributed by atoms with E-state index < -0.39 is 5.91 Å². The molecule has 1 amide bonds. The van der Waals surface area contributed by atoms with Crippen LogP contribution in [0.15, 0.2) is 120 Å². The van der Waals surface area contributed by atoms with Crippen LogP contribution in [0.1, 0.15) is 21.6 Å². The minimum absolute atomic E-state index is 0.121. The van der Waals surface area contributed by atoms with Crippen molar-refractivity contribution in [1.29, 1.82) is 0 Å². The van der Waals surface area contributed by atoms with Gasteiger partial charge in [-0.2, -0.15) is 5.10 Å². The Morgan fingerprint density at radius 3 is 2.03 bits per heavy atom. The van der Waals surface area contributed by atoms with E-state index in [0.717, 1.165) is 11.3 Å². The molecule has 7 nitrogen and oxygen atoms in total. The fourth-order valence-corrected chi connectivity index (χ4v) is 4.13. The fraction of sp³-hybridized carbons (Fsp3) is 0.0333. The lowest BCUT2D eigenvalue weighted by Crippen LogP contribution is -2.17. The molecule has 0 spiro atoms. The second kappa shape index (κ2) is 10.6. The number of aromatic nitrogens is 2. The van der Waals surface area contributed by atoms with Gasteiger partial charge in [0, 0.05) is 16.8 Å². The number of carbonyl (C=O) groups is 1. The van der Waals surface area contributed by atoms with E-state index in [1.807, 2.05) is 91.0 Å². The summed E-state index contributed by atoms with van der Waals surface area (Å²) in [4.78, 5) is 13.7. The van der Waals surface area contributed by atoms with Crippen LogP contribution in [-0.4, -0.2) is 33.7 Å². The first-order chi connectivity index (χ1) is 18.2. The number of oxime groups is 1. The van der Waals surface area contributed by atoms with Gasteiger partial charge in [-0.25, -0.2) is 4.68 Å². The van der Waals surface area contributed by atoms with Crippen LogP contribution in [0.3, 0.4) is 0 Å². The van der Waals surface area contributed by atoms with Gasteiger partial charge in [0.05, 0.1) is 24.1 Å². The van der Waals surface area contributed by atoms with Crippen molar-refractivity contribution in [3.63, 3.8) is 0 Å². The van der Waals surface area contributed by atoms with Gasteiger partial charge in [0.25, 0.3) is 5.91 Å². The number of amides is 1. The predicted molar refractivity (Wildman–Crippen MR) is 144 cm³/mol. The van der Waals surface area contributed by atoms with E-state index in [9.17, 15) is 10.0 Å². The molecule has 7 heteroatoms. The predicted octanol–water partition coefficient (Wildman–Crippen LogP) is 6.03. The highest BCUT2D eigenvalue weighted by Gasteiger charge is 2.29. The van der Waals surface area contributed by atoms with E-state index in [4.69, 9.17) is 9.84 Å². The smallest absolute Gasteiger partial charge is 0.276 e. The summed E-state index contributed by atoms with van der Waals surface area (Å²) in [6.45, 7) is 0.